The Hall–Kier alpha value is -1.16. The van der Waals surface area contributed by atoms with Gasteiger partial charge in [-0.05, 0) is 74.8 Å². The Balaban J connectivity index is 1.00. The molecule has 2 aromatic rings. The number of rotatable bonds is 15. The van der Waals surface area contributed by atoms with Crippen LogP contribution in [0.4, 0.5) is 0 Å². The van der Waals surface area contributed by atoms with Crippen LogP contribution in [-0.4, -0.2) is 75.6 Å². The lowest BCUT2D eigenvalue weighted by Gasteiger charge is -2.26. The van der Waals surface area contributed by atoms with Crippen molar-refractivity contribution in [3.05, 3.63) is 32.6 Å². The van der Waals surface area contributed by atoms with Gasteiger partial charge in [-0.3, -0.25) is 9.80 Å². The molecule has 8 heteroatoms. The van der Waals surface area contributed by atoms with Crippen LogP contribution in [0.3, 0.4) is 0 Å². The SMILES string of the molecule is c1cc(OCCOCCOCCOc2ccsc2CN2CCCCC2)c(CN2CCCCC2)s1. The van der Waals surface area contributed by atoms with Crippen molar-refractivity contribution in [2.24, 2.45) is 0 Å². The molecule has 0 atom stereocenters. The van der Waals surface area contributed by atoms with E-state index in [1.165, 1.54) is 74.5 Å². The lowest BCUT2D eigenvalue weighted by atomic mass is 10.1. The highest BCUT2D eigenvalue weighted by Crippen LogP contribution is 2.28. The average Bonchev–Trinajstić information content (AvgIpc) is 3.51. The van der Waals surface area contributed by atoms with Gasteiger partial charge in [0.05, 0.1) is 36.2 Å². The third-order valence-corrected chi connectivity index (χ3v) is 8.16. The smallest absolute Gasteiger partial charge is 0.134 e. The van der Waals surface area contributed by atoms with Crippen molar-refractivity contribution in [1.82, 2.24) is 9.80 Å². The molecular formula is C26H40N2O4S2. The number of hydrogen-bond acceptors (Lipinski definition) is 8. The van der Waals surface area contributed by atoms with Gasteiger partial charge in [-0.2, -0.15) is 0 Å². The minimum absolute atomic E-state index is 0.574. The zero-order valence-corrected chi connectivity index (χ0v) is 22.0. The average molecular weight is 509 g/mol. The first-order valence-corrected chi connectivity index (χ1v) is 14.6. The molecule has 2 aliphatic heterocycles. The van der Waals surface area contributed by atoms with Gasteiger partial charge in [0.1, 0.15) is 24.7 Å². The molecule has 4 heterocycles. The normalized spacial score (nSPS) is 17.8. The van der Waals surface area contributed by atoms with Crippen LogP contribution in [0, 0.1) is 0 Å². The highest BCUT2D eigenvalue weighted by Gasteiger charge is 2.15. The van der Waals surface area contributed by atoms with Crippen molar-refractivity contribution in [2.75, 3.05) is 65.8 Å². The first kappa shape index (κ1) is 25.9. The summed E-state index contributed by atoms with van der Waals surface area (Å²) in [7, 11) is 0. The second-order valence-electron chi connectivity index (χ2n) is 9.01. The molecular weight excluding hydrogens is 468 g/mol. The maximum absolute atomic E-state index is 5.97. The van der Waals surface area contributed by atoms with Gasteiger partial charge in [-0.25, -0.2) is 0 Å². The fourth-order valence-corrected chi connectivity index (χ4v) is 6.24. The van der Waals surface area contributed by atoms with Crippen LogP contribution in [0.2, 0.25) is 0 Å². The molecule has 34 heavy (non-hydrogen) atoms. The quantitative estimate of drug-likeness (QED) is 0.305. The van der Waals surface area contributed by atoms with Crippen molar-refractivity contribution in [2.45, 2.75) is 51.6 Å². The summed E-state index contributed by atoms with van der Waals surface area (Å²) >= 11 is 3.58. The Morgan fingerprint density at radius 2 is 0.971 bits per heavy atom. The molecule has 2 saturated heterocycles. The molecule has 0 aromatic carbocycles. The largest absolute Gasteiger partial charge is 0.490 e. The van der Waals surface area contributed by atoms with Gasteiger partial charge in [0.25, 0.3) is 0 Å². The summed E-state index contributed by atoms with van der Waals surface area (Å²) in [6.07, 6.45) is 8.00. The van der Waals surface area contributed by atoms with Gasteiger partial charge in [0.2, 0.25) is 0 Å². The lowest BCUT2D eigenvalue weighted by Crippen LogP contribution is -2.28. The summed E-state index contributed by atoms with van der Waals surface area (Å²) < 4.78 is 23.3. The van der Waals surface area contributed by atoms with E-state index in [2.05, 4.69) is 32.7 Å². The number of hydrogen-bond donors (Lipinski definition) is 0. The second-order valence-corrected chi connectivity index (χ2v) is 11.0. The maximum Gasteiger partial charge on any atom is 0.134 e. The third-order valence-electron chi connectivity index (χ3n) is 6.38. The highest BCUT2D eigenvalue weighted by atomic mass is 32.1. The van der Waals surface area contributed by atoms with Gasteiger partial charge >= 0.3 is 0 Å². The molecule has 0 unspecified atom stereocenters. The molecule has 190 valence electrons. The van der Waals surface area contributed by atoms with E-state index in [-0.39, 0.29) is 0 Å². The molecule has 0 spiro atoms. The second kappa shape index (κ2) is 15.1. The van der Waals surface area contributed by atoms with Gasteiger partial charge in [0, 0.05) is 13.1 Å². The molecule has 2 aliphatic rings. The van der Waals surface area contributed by atoms with E-state index in [9.17, 15) is 0 Å². The Morgan fingerprint density at radius 1 is 0.559 bits per heavy atom. The van der Waals surface area contributed by atoms with E-state index in [0.29, 0.717) is 39.6 Å². The van der Waals surface area contributed by atoms with E-state index in [1.54, 1.807) is 22.7 Å². The van der Waals surface area contributed by atoms with E-state index in [0.717, 1.165) is 24.6 Å². The van der Waals surface area contributed by atoms with E-state index in [4.69, 9.17) is 18.9 Å². The molecule has 4 rings (SSSR count). The summed E-state index contributed by atoms with van der Waals surface area (Å²) in [5.41, 5.74) is 0. The van der Waals surface area contributed by atoms with E-state index < -0.39 is 0 Å². The maximum atomic E-state index is 5.97. The molecule has 6 nitrogen and oxygen atoms in total. The summed E-state index contributed by atoms with van der Waals surface area (Å²) in [5.74, 6) is 2.03. The predicted octanol–water partition coefficient (Wildman–Crippen LogP) is 5.27. The molecule has 0 bridgehead atoms. The highest BCUT2D eigenvalue weighted by molar-refractivity contribution is 7.10. The summed E-state index contributed by atoms with van der Waals surface area (Å²) in [6.45, 7) is 10.3. The van der Waals surface area contributed by atoms with Crippen LogP contribution >= 0.6 is 22.7 Å². The van der Waals surface area contributed by atoms with Crippen LogP contribution in [-0.2, 0) is 22.6 Å². The monoisotopic (exact) mass is 508 g/mol. The minimum Gasteiger partial charge on any atom is -0.490 e. The van der Waals surface area contributed by atoms with Crippen molar-refractivity contribution in [3.63, 3.8) is 0 Å². The zero-order chi connectivity index (χ0) is 23.3. The van der Waals surface area contributed by atoms with Gasteiger partial charge in [-0.1, -0.05) is 12.8 Å². The van der Waals surface area contributed by atoms with Crippen molar-refractivity contribution in [3.8, 4) is 11.5 Å². The van der Waals surface area contributed by atoms with Crippen molar-refractivity contribution >= 4 is 22.7 Å². The van der Waals surface area contributed by atoms with Crippen LogP contribution < -0.4 is 9.47 Å². The number of thiophene rings is 2. The predicted molar refractivity (Wildman–Crippen MR) is 140 cm³/mol. The third kappa shape index (κ3) is 8.81. The van der Waals surface area contributed by atoms with E-state index in [1.807, 2.05) is 0 Å². The standard InChI is InChI=1S/C26H40N2O4S2/c1-3-9-27(10-4-1)21-25-23(7-19-33-25)31-17-15-29-13-14-30-16-18-32-24-8-20-34-26(24)22-28-11-5-2-6-12-28/h7-8,19-20H,1-6,9-18,21-22H2. The molecule has 0 amide bonds. The Labute approximate surface area is 212 Å². The van der Waals surface area contributed by atoms with Crippen molar-refractivity contribution in [1.29, 1.82) is 0 Å². The Morgan fingerprint density at radius 3 is 1.41 bits per heavy atom. The molecule has 0 saturated carbocycles. The lowest BCUT2D eigenvalue weighted by molar-refractivity contribution is 0.0271. The molecule has 0 N–H and O–H groups in total. The number of nitrogens with zero attached hydrogens (tertiary/aromatic N) is 2. The summed E-state index contributed by atoms with van der Waals surface area (Å²) in [5, 5.41) is 4.25. The van der Waals surface area contributed by atoms with Crippen LogP contribution in [0.1, 0.15) is 48.3 Å². The first-order valence-electron chi connectivity index (χ1n) is 12.9. The van der Waals surface area contributed by atoms with Crippen molar-refractivity contribution < 1.29 is 18.9 Å². The fraction of sp³-hybridized carbons (Fsp3) is 0.692. The molecule has 0 radical (unpaired) electrons. The van der Waals surface area contributed by atoms with Crippen LogP contribution in [0.5, 0.6) is 11.5 Å². The van der Waals surface area contributed by atoms with E-state index >= 15 is 0 Å². The number of ether oxygens (including phenoxy) is 4. The Bertz CT molecular complexity index is 734. The summed E-state index contributed by atoms with van der Waals surface area (Å²) in [4.78, 5) is 7.73. The minimum atomic E-state index is 0.574. The van der Waals surface area contributed by atoms with Gasteiger partial charge in [0.15, 0.2) is 0 Å². The van der Waals surface area contributed by atoms with Gasteiger partial charge in [-0.15, -0.1) is 22.7 Å². The van der Waals surface area contributed by atoms with Crippen LogP contribution in [0.25, 0.3) is 0 Å². The Kier molecular flexibility index (Phi) is 11.5. The molecule has 2 aromatic heterocycles. The molecule has 0 aliphatic carbocycles. The van der Waals surface area contributed by atoms with Gasteiger partial charge < -0.3 is 18.9 Å². The summed E-state index contributed by atoms with van der Waals surface area (Å²) in [6, 6.07) is 4.16. The fourth-order valence-electron chi connectivity index (χ4n) is 4.53. The molecule has 2 fully saturated rings. The first-order chi connectivity index (χ1) is 16.9. The number of likely N-dealkylation sites (tertiary alicyclic amines) is 2. The number of piperidine rings is 2. The topological polar surface area (TPSA) is 43.4 Å². The van der Waals surface area contributed by atoms with Crippen LogP contribution in [0.15, 0.2) is 22.9 Å². The zero-order valence-electron chi connectivity index (χ0n) is 20.4.